The Morgan fingerprint density at radius 1 is 0.522 bits per heavy atom. The summed E-state index contributed by atoms with van der Waals surface area (Å²) < 4.78 is 0. The molecule has 0 spiro atoms. The van der Waals surface area contributed by atoms with Crippen LogP contribution in [0.4, 0.5) is 17.1 Å². The second kappa shape index (κ2) is 21.1. The van der Waals surface area contributed by atoms with Gasteiger partial charge in [0.25, 0.3) is 0 Å². The molecule has 0 aliphatic carbocycles. The molecule has 1 aromatic heterocycles. The van der Waals surface area contributed by atoms with Crippen molar-refractivity contribution < 1.29 is 9.90 Å². The minimum atomic E-state index is -2.17. The van der Waals surface area contributed by atoms with Gasteiger partial charge >= 0.3 is 5.97 Å². The average Bonchev–Trinajstić information content (AvgIpc) is 3.80. The lowest BCUT2D eigenvalue weighted by Gasteiger charge is -2.38. The number of para-hydroxylation sites is 2. The summed E-state index contributed by atoms with van der Waals surface area (Å²) >= 11 is 1.48. The van der Waals surface area contributed by atoms with Gasteiger partial charge in [-0.2, -0.15) is 5.26 Å². The molecule has 0 saturated heterocycles. The van der Waals surface area contributed by atoms with Crippen molar-refractivity contribution in [3.05, 3.63) is 155 Å². The van der Waals surface area contributed by atoms with Crippen LogP contribution in [-0.2, 0) is 4.79 Å². The lowest BCUT2D eigenvalue weighted by molar-refractivity contribution is -0.132. The Labute approximate surface area is 417 Å². The number of nitriles is 1. The Hall–Kier alpha value is -6.41. The monoisotopic (exact) mass is 958 g/mol. The molecule has 7 heteroatoms. The molecular formula is C62H66N2O2SSi2. The van der Waals surface area contributed by atoms with Crippen LogP contribution >= 0.6 is 11.3 Å². The zero-order valence-corrected chi connectivity index (χ0v) is 45.2. The first-order chi connectivity index (χ1) is 32.9. The van der Waals surface area contributed by atoms with Gasteiger partial charge in [-0.1, -0.05) is 168 Å². The fourth-order valence-electron chi connectivity index (χ4n) is 11.3. The van der Waals surface area contributed by atoms with Crippen LogP contribution in [0.1, 0.15) is 99.1 Å². The second-order valence-electron chi connectivity index (χ2n) is 20.3. The molecule has 7 aromatic rings. The molecule has 1 heterocycles. The van der Waals surface area contributed by atoms with E-state index in [0.29, 0.717) is 38.1 Å². The standard InChI is InChI=1S/C62H66N2O2SSi2/c1-41(2)68(42(3)4,43(5)6)35-33-57-56-31-26-49(61-32-29-54(67-61)37-50(40-63)62(65)66)39-60(56)58(34-36-69(44(7)8,45(9)10)46(11)12)55-30-25-48(38-59(55)57)47-23-27-53(28-24-47)64(51-19-15-13-16-20-51)52-21-17-14-18-22-52/h13-32,37-39,41-46H,1-12H3,(H,65,66)/b50-37+. The van der Waals surface area contributed by atoms with Gasteiger partial charge in [0, 0.05) is 37.9 Å². The van der Waals surface area contributed by atoms with Gasteiger partial charge in [0.1, 0.15) is 27.8 Å². The molecule has 0 aliphatic rings. The molecular weight excluding hydrogens is 893 g/mol. The smallest absolute Gasteiger partial charge is 0.346 e. The van der Waals surface area contributed by atoms with E-state index in [4.69, 9.17) is 0 Å². The van der Waals surface area contributed by atoms with E-state index in [0.717, 1.165) is 71.3 Å². The second-order valence-corrected chi connectivity index (χ2v) is 32.6. The molecule has 6 aromatic carbocycles. The van der Waals surface area contributed by atoms with Crippen molar-refractivity contribution in [1.29, 1.82) is 5.26 Å². The number of hydrogen-bond acceptors (Lipinski definition) is 4. The first-order valence-corrected chi connectivity index (χ1v) is 29.8. The largest absolute Gasteiger partial charge is 0.477 e. The number of aliphatic carboxylic acids is 1. The van der Waals surface area contributed by atoms with Gasteiger partial charge in [0.05, 0.1) is 0 Å². The lowest BCUT2D eigenvalue weighted by atomic mass is 9.89. The SMILES string of the molecule is CC(C)[Si](C#Cc1c2ccc(-c3ccc(/C=C(\C#N)C(=O)O)s3)cc2c(C#C[Si](C(C)C)(C(C)C)C(C)C)c2ccc(-c3ccc(N(c4ccccc4)c4ccccc4)cc3)cc12)(C(C)C)C(C)C. The maximum absolute atomic E-state index is 11.8. The molecule has 350 valence electrons. The van der Waals surface area contributed by atoms with Crippen LogP contribution in [0.25, 0.3) is 49.2 Å². The quantitative estimate of drug-likeness (QED) is 0.0411. The van der Waals surface area contributed by atoms with Gasteiger partial charge in [0.15, 0.2) is 0 Å². The molecule has 0 amide bonds. The van der Waals surface area contributed by atoms with E-state index in [1.165, 1.54) is 17.4 Å². The van der Waals surface area contributed by atoms with Crippen LogP contribution < -0.4 is 4.90 Å². The van der Waals surface area contributed by atoms with Crippen molar-refractivity contribution in [2.45, 2.75) is 116 Å². The number of rotatable bonds is 13. The summed E-state index contributed by atoms with van der Waals surface area (Å²) in [7, 11) is -4.34. The van der Waals surface area contributed by atoms with Gasteiger partial charge in [-0.25, -0.2) is 4.79 Å². The Balaban J connectivity index is 1.53. The van der Waals surface area contributed by atoms with E-state index in [1.54, 1.807) is 0 Å². The Morgan fingerprint density at radius 2 is 0.928 bits per heavy atom. The Bertz CT molecular complexity index is 3100. The van der Waals surface area contributed by atoms with Gasteiger partial charge in [-0.05, 0) is 138 Å². The Morgan fingerprint density at radius 3 is 1.35 bits per heavy atom. The van der Waals surface area contributed by atoms with Gasteiger partial charge in [-0.15, -0.1) is 22.4 Å². The van der Waals surface area contributed by atoms with Crippen molar-refractivity contribution in [2.75, 3.05) is 4.90 Å². The number of carbonyl (C=O) groups is 1. The molecule has 0 saturated carbocycles. The molecule has 4 nitrogen and oxygen atoms in total. The summed E-state index contributed by atoms with van der Waals surface area (Å²) in [5, 5.41) is 23.5. The molecule has 0 unspecified atom stereocenters. The van der Waals surface area contributed by atoms with E-state index < -0.39 is 22.1 Å². The number of nitrogens with zero attached hydrogens (tertiary/aromatic N) is 2. The van der Waals surface area contributed by atoms with Crippen molar-refractivity contribution in [3.63, 3.8) is 0 Å². The summed E-state index contributed by atoms with van der Waals surface area (Å²) in [4.78, 5) is 15.7. The molecule has 0 aliphatic heterocycles. The zero-order valence-electron chi connectivity index (χ0n) is 42.4. The normalized spacial score (nSPS) is 12.2. The van der Waals surface area contributed by atoms with Crippen LogP contribution in [0, 0.1) is 34.3 Å². The van der Waals surface area contributed by atoms with E-state index in [2.05, 4.69) is 232 Å². The average molecular weight is 959 g/mol. The summed E-state index contributed by atoms with van der Waals surface area (Å²) in [6.07, 6.45) is 1.45. The molecule has 7 rings (SSSR count). The summed E-state index contributed by atoms with van der Waals surface area (Å²) in [5.41, 5.74) is 19.3. The third kappa shape index (κ3) is 9.91. The molecule has 0 bridgehead atoms. The van der Waals surface area contributed by atoms with E-state index in [9.17, 15) is 15.2 Å². The topological polar surface area (TPSA) is 64.3 Å². The van der Waals surface area contributed by atoms with E-state index in [-0.39, 0.29) is 5.57 Å². The highest BCUT2D eigenvalue weighted by molar-refractivity contribution is 7.16. The number of carboxylic acids is 1. The summed E-state index contributed by atoms with van der Waals surface area (Å²) in [6, 6.07) is 49.2. The van der Waals surface area contributed by atoms with Crippen molar-refractivity contribution in [1.82, 2.24) is 0 Å². The molecule has 0 atom stereocenters. The van der Waals surface area contributed by atoms with E-state index in [1.807, 2.05) is 18.2 Å². The lowest BCUT2D eigenvalue weighted by Crippen LogP contribution is -2.43. The van der Waals surface area contributed by atoms with Crippen LogP contribution in [0.15, 0.2) is 139 Å². The molecule has 69 heavy (non-hydrogen) atoms. The molecule has 0 fully saturated rings. The molecule has 0 radical (unpaired) electrons. The van der Waals surface area contributed by atoms with Crippen LogP contribution in [-0.4, -0.2) is 27.2 Å². The first-order valence-electron chi connectivity index (χ1n) is 24.5. The number of anilines is 3. The first kappa shape index (κ1) is 50.5. The predicted molar refractivity (Wildman–Crippen MR) is 302 cm³/mol. The minimum Gasteiger partial charge on any atom is -0.477 e. The number of carboxylic acid groups (broad SMARTS) is 1. The van der Waals surface area contributed by atoms with Gasteiger partial charge in [0.2, 0.25) is 0 Å². The van der Waals surface area contributed by atoms with Gasteiger partial charge in [-0.3, -0.25) is 0 Å². The maximum atomic E-state index is 11.8. The third-order valence-corrected chi connectivity index (χ3v) is 28.4. The van der Waals surface area contributed by atoms with Crippen LogP contribution in [0.3, 0.4) is 0 Å². The summed E-state index contributed by atoms with van der Waals surface area (Å²) in [6.45, 7) is 28.4. The summed E-state index contributed by atoms with van der Waals surface area (Å²) in [5.74, 6) is 6.72. The van der Waals surface area contributed by atoms with E-state index >= 15 is 0 Å². The third-order valence-electron chi connectivity index (χ3n) is 14.7. The molecule has 1 N–H and O–H groups in total. The highest BCUT2D eigenvalue weighted by Crippen LogP contribution is 2.45. The maximum Gasteiger partial charge on any atom is 0.346 e. The zero-order chi connectivity index (χ0) is 49.8. The highest BCUT2D eigenvalue weighted by atomic mass is 32.1. The van der Waals surface area contributed by atoms with Crippen LogP contribution in [0.2, 0.25) is 33.2 Å². The number of benzene rings is 6. The number of fused-ring (bicyclic) bond motifs is 2. The van der Waals surface area contributed by atoms with Crippen LogP contribution in [0.5, 0.6) is 0 Å². The van der Waals surface area contributed by atoms with Gasteiger partial charge < -0.3 is 10.0 Å². The predicted octanol–water partition coefficient (Wildman–Crippen LogP) is 18.0. The van der Waals surface area contributed by atoms with Crippen molar-refractivity contribution in [3.8, 4) is 50.6 Å². The fourth-order valence-corrected chi connectivity index (χ4v) is 22.7. The Kier molecular flexibility index (Phi) is 15.4. The minimum absolute atomic E-state index is 0.289. The number of thiophene rings is 1. The van der Waals surface area contributed by atoms with Crippen molar-refractivity contribution >= 4 is 78.1 Å². The number of hydrogen-bond donors (Lipinski definition) is 1. The fraction of sp³-hybridized carbons (Fsp3) is 0.290. The highest BCUT2D eigenvalue weighted by Gasteiger charge is 2.43. The van der Waals surface area contributed by atoms with Crippen molar-refractivity contribution in [2.24, 2.45) is 0 Å².